The molecule has 8 heteroatoms. The number of benzene rings is 2. The lowest BCUT2D eigenvalue weighted by Crippen LogP contribution is -2.52. The van der Waals surface area contributed by atoms with E-state index in [1.54, 1.807) is 17.9 Å². The van der Waals surface area contributed by atoms with E-state index in [2.05, 4.69) is 0 Å². The molecule has 150 valence electrons. The van der Waals surface area contributed by atoms with Gasteiger partial charge in [-0.05, 0) is 43.7 Å². The van der Waals surface area contributed by atoms with E-state index in [-0.39, 0.29) is 34.9 Å². The van der Waals surface area contributed by atoms with Crippen molar-refractivity contribution in [2.24, 2.45) is 0 Å². The first-order valence-corrected chi connectivity index (χ1v) is 11.4. The smallest absolute Gasteiger partial charge is 0.246 e. The van der Waals surface area contributed by atoms with Gasteiger partial charge in [0.15, 0.2) is 0 Å². The number of phenols is 1. The van der Waals surface area contributed by atoms with Crippen molar-refractivity contribution in [3.05, 3.63) is 54.1 Å². The summed E-state index contributed by atoms with van der Waals surface area (Å²) in [5, 5.41) is 9.74. The Morgan fingerprint density at radius 2 is 1.71 bits per heavy atom. The lowest BCUT2D eigenvalue weighted by Gasteiger charge is -2.35. The summed E-state index contributed by atoms with van der Waals surface area (Å²) >= 11 is 1.50. The fourth-order valence-electron chi connectivity index (χ4n) is 3.13. The average Bonchev–Trinajstić information content (AvgIpc) is 2.70. The van der Waals surface area contributed by atoms with E-state index in [1.165, 1.54) is 28.2 Å². The van der Waals surface area contributed by atoms with Gasteiger partial charge in [-0.2, -0.15) is 4.31 Å². The normalized spacial score (nSPS) is 16.7. The summed E-state index contributed by atoms with van der Waals surface area (Å²) in [5.41, 5.74) is 0.761. The molecule has 0 saturated carbocycles. The molecule has 0 aromatic heterocycles. The van der Waals surface area contributed by atoms with Gasteiger partial charge >= 0.3 is 0 Å². The molecule has 2 aromatic carbocycles. The molecule has 1 atom stereocenters. The number of carbonyl (C=O) groups is 1. The van der Waals surface area contributed by atoms with Crippen molar-refractivity contribution in [1.29, 1.82) is 0 Å². The lowest BCUT2D eigenvalue weighted by atomic mass is 10.2. The highest BCUT2D eigenvalue weighted by Gasteiger charge is 2.33. The van der Waals surface area contributed by atoms with E-state index < -0.39 is 10.0 Å². The number of hydrogen-bond donors (Lipinski definition) is 1. The van der Waals surface area contributed by atoms with Crippen molar-refractivity contribution in [1.82, 2.24) is 9.21 Å². The predicted molar refractivity (Wildman–Crippen MR) is 110 cm³/mol. The number of sulfonamides is 1. The summed E-state index contributed by atoms with van der Waals surface area (Å²) in [6.07, 6.45) is 0. The zero-order valence-corrected chi connectivity index (χ0v) is 17.5. The van der Waals surface area contributed by atoms with Crippen LogP contribution in [0.25, 0.3) is 0 Å². The number of hydrogen-bond acceptors (Lipinski definition) is 5. The zero-order valence-electron chi connectivity index (χ0n) is 15.9. The third kappa shape index (κ3) is 4.51. The van der Waals surface area contributed by atoms with Crippen LogP contribution in [-0.2, 0) is 14.8 Å². The third-order valence-electron chi connectivity index (χ3n) is 4.69. The number of amides is 1. The number of aromatic hydroxyl groups is 1. The number of piperazine rings is 1. The Labute approximate surface area is 170 Å². The van der Waals surface area contributed by atoms with Crippen LogP contribution in [0.4, 0.5) is 0 Å². The van der Waals surface area contributed by atoms with Crippen molar-refractivity contribution in [2.75, 3.05) is 26.2 Å². The summed E-state index contributed by atoms with van der Waals surface area (Å²) in [5.74, 6) is -0.249. The number of rotatable bonds is 5. The van der Waals surface area contributed by atoms with Crippen LogP contribution in [-0.4, -0.2) is 60.1 Å². The van der Waals surface area contributed by atoms with Crippen molar-refractivity contribution in [2.45, 2.75) is 28.9 Å². The fourth-order valence-corrected chi connectivity index (χ4v) is 5.69. The number of nitrogens with zero attached hydrogens (tertiary/aromatic N) is 2. The standard InChI is InChI=1S/C20H24N2O4S2/c1-15-8-9-18(23)19(14-15)28(25,26)22-12-10-21(11-13-22)20(24)16(2)27-17-6-4-3-5-7-17/h3-9,14,16,23H,10-13H2,1-2H3. The highest BCUT2D eigenvalue weighted by atomic mass is 32.2. The topological polar surface area (TPSA) is 77.9 Å². The molecule has 1 unspecified atom stereocenters. The Morgan fingerprint density at radius 3 is 2.36 bits per heavy atom. The van der Waals surface area contributed by atoms with Gasteiger partial charge in [-0.1, -0.05) is 24.3 Å². The van der Waals surface area contributed by atoms with Crippen LogP contribution in [0.15, 0.2) is 58.3 Å². The van der Waals surface area contributed by atoms with Gasteiger partial charge in [0.25, 0.3) is 0 Å². The molecule has 1 amide bonds. The van der Waals surface area contributed by atoms with E-state index in [1.807, 2.05) is 37.3 Å². The van der Waals surface area contributed by atoms with Gasteiger partial charge in [0.05, 0.1) is 5.25 Å². The molecule has 3 rings (SSSR count). The minimum atomic E-state index is -3.79. The van der Waals surface area contributed by atoms with E-state index in [4.69, 9.17) is 0 Å². The Morgan fingerprint density at radius 1 is 1.07 bits per heavy atom. The molecule has 1 N–H and O–H groups in total. The molecule has 1 aliphatic heterocycles. The van der Waals surface area contributed by atoms with Crippen molar-refractivity contribution in [3.8, 4) is 5.75 Å². The molecule has 2 aromatic rings. The summed E-state index contributed by atoms with van der Waals surface area (Å²) in [7, 11) is -3.79. The van der Waals surface area contributed by atoms with Crippen LogP contribution >= 0.6 is 11.8 Å². The number of phenolic OH excluding ortho intramolecular Hbond substituents is 1. The SMILES string of the molecule is Cc1ccc(O)c(S(=O)(=O)N2CCN(C(=O)C(C)Sc3ccccc3)CC2)c1. The molecule has 0 spiro atoms. The molecule has 1 heterocycles. The van der Waals surface area contributed by atoms with Crippen molar-refractivity contribution in [3.63, 3.8) is 0 Å². The second kappa shape index (κ2) is 8.55. The molecule has 0 aliphatic carbocycles. The first kappa shape index (κ1) is 20.7. The van der Waals surface area contributed by atoms with Crippen LogP contribution < -0.4 is 0 Å². The Kier molecular flexibility index (Phi) is 6.32. The maximum atomic E-state index is 12.9. The number of aryl methyl sites for hydroxylation is 1. The van der Waals surface area contributed by atoms with Crippen LogP contribution in [0.5, 0.6) is 5.75 Å². The van der Waals surface area contributed by atoms with Crippen LogP contribution in [0.2, 0.25) is 0 Å². The molecule has 1 aliphatic rings. The quantitative estimate of drug-likeness (QED) is 0.753. The first-order chi connectivity index (χ1) is 13.3. The van der Waals surface area contributed by atoms with Gasteiger partial charge in [0, 0.05) is 31.1 Å². The van der Waals surface area contributed by atoms with Crippen molar-refractivity contribution >= 4 is 27.7 Å². The molecule has 0 bridgehead atoms. The van der Waals surface area contributed by atoms with Crippen molar-refractivity contribution < 1.29 is 18.3 Å². The van der Waals surface area contributed by atoms with E-state index in [9.17, 15) is 18.3 Å². The molecular weight excluding hydrogens is 396 g/mol. The average molecular weight is 421 g/mol. The molecule has 28 heavy (non-hydrogen) atoms. The van der Waals surface area contributed by atoms with E-state index in [0.717, 1.165) is 10.5 Å². The highest BCUT2D eigenvalue weighted by molar-refractivity contribution is 8.00. The van der Waals surface area contributed by atoms with E-state index in [0.29, 0.717) is 13.1 Å². The van der Waals surface area contributed by atoms with Gasteiger partial charge in [-0.15, -0.1) is 11.8 Å². The summed E-state index contributed by atoms with van der Waals surface area (Å²) in [6.45, 7) is 4.75. The number of thioether (sulfide) groups is 1. The molecule has 1 saturated heterocycles. The van der Waals surface area contributed by atoms with Crippen LogP contribution in [0.1, 0.15) is 12.5 Å². The predicted octanol–water partition coefficient (Wildman–Crippen LogP) is 2.71. The minimum absolute atomic E-state index is 0.00398. The minimum Gasteiger partial charge on any atom is -0.507 e. The number of carbonyl (C=O) groups excluding carboxylic acids is 1. The van der Waals surface area contributed by atoms with Gasteiger partial charge in [-0.25, -0.2) is 8.42 Å². The molecule has 0 radical (unpaired) electrons. The summed E-state index contributed by atoms with van der Waals surface area (Å²) in [6, 6.07) is 14.3. The second-order valence-electron chi connectivity index (χ2n) is 6.77. The van der Waals surface area contributed by atoms with Gasteiger partial charge < -0.3 is 10.0 Å². The molecular formula is C20H24N2O4S2. The third-order valence-corrected chi connectivity index (χ3v) is 7.71. The fraction of sp³-hybridized carbons (Fsp3) is 0.350. The molecule has 1 fully saturated rings. The largest absolute Gasteiger partial charge is 0.507 e. The summed E-state index contributed by atoms with van der Waals surface area (Å²) in [4.78, 5) is 15.4. The Bertz CT molecular complexity index is 940. The first-order valence-electron chi connectivity index (χ1n) is 9.09. The van der Waals surface area contributed by atoms with Gasteiger partial charge in [0.1, 0.15) is 10.6 Å². The van der Waals surface area contributed by atoms with Gasteiger partial charge in [0.2, 0.25) is 15.9 Å². The van der Waals surface area contributed by atoms with Crippen LogP contribution in [0, 0.1) is 6.92 Å². The Hall–Kier alpha value is -2.03. The van der Waals surface area contributed by atoms with Crippen LogP contribution in [0.3, 0.4) is 0 Å². The van der Waals surface area contributed by atoms with Gasteiger partial charge in [-0.3, -0.25) is 4.79 Å². The maximum absolute atomic E-state index is 12.9. The van der Waals surface area contributed by atoms with E-state index >= 15 is 0 Å². The maximum Gasteiger partial charge on any atom is 0.246 e. The zero-order chi connectivity index (χ0) is 20.3. The lowest BCUT2D eigenvalue weighted by molar-refractivity contribution is -0.131. The summed E-state index contributed by atoms with van der Waals surface area (Å²) < 4.78 is 27.1. The molecule has 6 nitrogen and oxygen atoms in total. The second-order valence-corrected chi connectivity index (χ2v) is 10.1. The monoisotopic (exact) mass is 420 g/mol. The Balaban J connectivity index is 1.63. The highest BCUT2D eigenvalue weighted by Crippen LogP contribution is 2.28.